The Morgan fingerprint density at radius 1 is 0.593 bits per heavy atom. The lowest BCUT2D eigenvalue weighted by Crippen LogP contribution is -2.64. The molecule has 0 saturated heterocycles. The Morgan fingerprint density at radius 3 is 1.61 bits per heavy atom. The summed E-state index contributed by atoms with van der Waals surface area (Å²) in [5.74, 6) is -1.12. The predicted octanol–water partition coefficient (Wildman–Crippen LogP) is 6.66. The Kier molecular flexibility index (Phi) is 28.9. The van der Waals surface area contributed by atoms with Crippen molar-refractivity contribution in [2.24, 2.45) is 0 Å². The van der Waals surface area contributed by atoms with E-state index in [9.17, 15) is 44.6 Å². The molecule has 1 aliphatic rings. The maximum Gasteiger partial charge on any atom is 0.472 e. The van der Waals surface area contributed by atoms with Gasteiger partial charge in [0.15, 0.2) is 6.10 Å². The number of hydrogen-bond donors (Lipinski definition) is 6. The molecule has 0 aromatic heterocycles. The number of allylic oxidation sites excluding steroid dienone is 6. The van der Waals surface area contributed by atoms with Crippen molar-refractivity contribution in [2.75, 3.05) is 13.2 Å². The molecule has 0 spiro atoms. The molecule has 14 heteroatoms. The van der Waals surface area contributed by atoms with E-state index in [1.807, 2.05) is 0 Å². The fraction of sp³-hybridized carbons (Fsp3) is 0.800. The van der Waals surface area contributed by atoms with E-state index in [-0.39, 0.29) is 12.8 Å². The number of rotatable bonds is 32. The average molecular weight is 791 g/mol. The third-order valence-electron chi connectivity index (χ3n) is 9.25. The molecular weight excluding hydrogens is 719 g/mol. The van der Waals surface area contributed by atoms with E-state index >= 15 is 0 Å². The molecule has 0 bridgehead atoms. The molecule has 0 aliphatic heterocycles. The average Bonchev–Trinajstić information content (AvgIpc) is 3.15. The lowest BCUT2D eigenvalue weighted by atomic mass is 9.85. The Bertz CT molecular complexity index is 1100. The van der Waals surface area contributed by atoms with Gasteiger partial charge < -0.3 is 39.9 Å². The van der Waals surface area contributed by atoms with Gasteiger partial charge in [-0.1, -0.05) is 127 Å². The second kappa shape index (κ2) is 31.2. The summed E-state index contributed by atoms with van der Waals surface area (Å²) in [5.41, 5.74) is 0. The zero-order valence-corrected chi connectivity index (χ0v) is 33.7. The normalized spacial score (nSPS) is 23.6. The highest BCUT2D eigenvalue weighted by molar-refractivity contribution is 7.47. The summed E-state index contributed by atoms with van der Waals surface area (Å²) < 4.78 is 33.3. The maximum absolute atomic E-state index is 12.7. The summed E-state index contributed by atoms with van der Waals surface area (Å²) in [6.07, 6.45) is 19.3. The lowest BCUT2D eigenvalue weighted by molar-refractivity contribution is -0.220. The van der Waals surface area contributed by atoms with Crippen molar-refractivity contribution in [3.8, 4) is 0 Å². The monoisotopic (exact) mass is 790 g/mol. The number of carbonyl (C=O) groups excluding carboxylic acids is 2. The van der Waals surface area contributed by atoms with Crippen molar-refractivity contribution in [1.29, 1.82) is 0 Å². The van der Waals surface area contributed by atoms with Gasteiger partial charge in [-0.3, -0.25) is 18.6 Å². The zero-order valence-electron chi connectivity index (χ0n) is 32.8. The van der Waals surface area contributed by atoms with Crippen molar-refractivity contribution < 1.29 is 63.1 Å². The summed E-state index contributed by atoms with van der Waals surface area (Å²) in [5, 5.41) is 49.9. The Labute approximate surface area is 323 Å². The van der Waals surface area contributed by atoms with E-state index in [2.05, 4.69) is 50.3 Å². The van der Waals surface area contributed by atoms with Gasteiger partial charge in [-0.05, 0) is 44.9 Å². The van der Waals surface area contributed by atoms with Crippen LogP contribution in [0.25, 0.3) is 0 Å². The molecule has 1 fully saturated rings. The molecule has 6 N–H and O–H groups in total. The van der Waals surface area contributed by atoms with Crippen LogP contribution in [0.5, 0.6) is 0 Å². The molecule has 314 valence electrons. The van der Waals surface area contributed by atoms with Crippen molar-refractivity contribution in [3.05, 3.63) is 36.5 Å². The van der Waals surface area contributed by atoms with Gasteiger partial charge in [0.05, 0.1) is 6.61 Å². The number of aliphatic hydroxyl groups is 5. The molecule has 0 aromatic carbocycles. The van der Waals surface area contributed by atoms with Crippen LogP contribution in [0, 0.1) is 0 Å². The standard InChI is InChI=1S/C40H71O13P/c1-3-5-7-9-11-13-15-16-17-18-19-21-23-25-27-29-34(42)52-32(30-50-33(41)28-26-24-22-20-14-12-10-8-6-4-2)31-51-54(48,49)53-40-38(46)36(44)35(43)37(45)39(40)47/h5,7,11,13,16-17,32,35-40,43-47H,3-4,6,8-10,12,14-15,18-31H2,1-2H3,(H,48,49)/b7-5+,13-11+,17-16+/t32-,35?,36-,37?,38?,39?,40?/m1/s1. The molecule has 13 nitrogen and oxygen atoms in total. The number of unbranched alkanes of at least 4 members (excludes halogenated alkanes) is 14. The number of esters is 2. The van der Waals surface area contributed by atoms with Crippen molar-refractivity contribution in [3.63, 3.8) is 0 Å². The van der Waals surface area contributed by atoms with Crippen LogP contribution in [-0.2, 0) is 32.7 Å². The molecule has 0 heterocycles. The fourth-order valence-electron chi connectivity index (χ4n) is 5.95. The minimum absolute atomic E-state index is 0.0780. The van der Waals surface area contributed by atoms with E-state index < -0.39 is 75.7 Å². The molecule has 54 heavy (non-hydrogen) atoms. The van der Waals surface area contributed by atoms with Gasteiger partial charge >= 0.3 is 19.8 Å². The predicted molar refractivity (Wildman–Crippen MR) is 207 cm³/mol. The molecule has 1 aliphatic carbocycles. The first-order valence-electron chi connectivity index (χ1n) is 20.3. The highest BCUT2D eigenvalue weighted by Crippen LogP contribution is 2.47. The van der Waals surface area contributed by atoms with E-state index in [1.165, 1.54) is 38.5 Å². The Hall–Kier alpha value is -1.93. The molecular formula is C40H71O13P. The molecule has 8 atom stereocenters. The summed E-state index contributed by atoms with van der Waals surface area (Å²) in [4.78, 5) is 35.5. The van der Waals surface area contributed by atoms with Gasteiger partial charge in [-0.15, -0.1) is 0 Å². The van der Waals surface area contributed by atoms with Crippen molar-refractivity contribution in [2.45, 2.75) is 191 Å². The maximum atomic E-state index is 12.7. The number of carbonyl (C=O) groups is 2. The smallest absolute Gasteiger partial charge is 0.462 e. The minimum Gasteiger partial charge on any atom is -0.462 e. The second-order valence-electron chi connectivity index (χ2n) is 14.1. The number of ether oxygens (including phenoxy) is 2. The third-order valence-corrected chi connectivity index (χ3v) is 10.2. The van der Waals surface area contributed by atoms with Gasteiger partial charge in [0.2, 0.25) is 0 Å². The van der Waals surface area contributed by atoms with Gasteiger partial charge in [-0.2, -0.15) is 0 Å². The fourth-order valence-corrected chi connectivity index (χ4v) is 6.92. The topological polar surface area (TPSA) is 210 Å². The van der Waals surface area contributed by atoms with Crippen LogP contribution in [0.3, 0.4) is 0 Å². The Balaban J connectivity index is 2.53. The lowest BCUT2D eigenvalue weighted by Gasteiger charge is -2.41. The number of hydrogen-bond acceptors (Lipinski definition) is 12. The quantitative estimate of drug-likeness (QED) is 0.0183. The van der Waals surface area contributed by atoms with E-state index in [0.717, 1.165) is 70.6 Å². The molecule has 0 aromatic rings. The highest BCUT2D eigenvalue weighted by Gasteiger charge is 2.51. The molecule has 0 radical (unpaired) electrons. The summed E-state index contributed by atoms with van der Waals surface area (Å²) >= 11 is 0. The zero-order chi connectivity index (χ0) is 40.0. The summed E-state index contributed by atoms with van der Waals surface area (Å²) in [6.45, 7) is 3.13. The largest absolute Gasteiger partial charge is 0.472 e. The molecule has 6 unspecified atom stereocenters. The van der Waals surface area contributed by atoms with E-state index in [0.29, 0.717) is 12.8 Å². The van der Waals surface area contributed by atoms with Gasteiger partial charge in [0.25, 0.3) is 0 Å². The van der Waals surface area contributed by atoms with Crippen LogP contribution in [0.1, 0.15) is 149 Å². The van der Waals surface area contributed by atoms with Crippen LogP contribution in [0.4, 0.5) is 0 Å². The van der Waals surface area contributed by atoms with Crippen molar-refractivity contribution in [1.82, 2.24) is 0 Å². The minimum atomic E-state index is -5.11. The number of phosphoric ester groups is 1. The van der Waals surface area contributed by atoms with E-state index in [4.69, 9.17) is 18.5 Å². The SMILES string of the molecule is CC/C=C/C/C=C/C/C=C/CCCCCCCC(=O)O[C@H](COC(=O)CCCCCCCCCCCC)COP(=O)(O)OC1C(O)C(O)C(O)[C@@H](O)C1O. The summed E-state index contributed by atoms with van der Waals surface area (Å²) in [7, 11) is -5.11. The van der Waals surface area contributed by atoms with Gasteiger partial charge in [0, 0.05) is 12.8 Å². The van der Waals surface area contributed by atoms with Crippen LogP contribution < -0.4 is 0 Å². The van der Waals surface area contributed by atoms with Crippen LogP contribution in [0.15, 0.2) is 36.5 Å². The highest BCUT2D eigenvalue weighted by atomic mass is 31.2. The number of aliphatic hydroxyl groups excluding tert-OH is 5. The van der Waals surface area contributed by atoms with Crippen LogP contribution >= 0.6 is 7.82 Å². The molecule has 1 saturated carbocycles. The van der Waals surface area contributed by atoms with Crippen LogP contribution in [0.2, 0.25) is 0 Å². The summed E-state index contributed by atoms with van der Waals surface area (Å²) in [6, 6.07) is 0. The first-order chi connectivity index (χ1) is 25.9. The first-order valence-corrected chi connectivity index (χ1v) is 21.8. The number of phosphoric acid groups is 1. The Morgan fingerprint density at radius 2 is 1.06 bits per heavy atom. The second-order valence-corrected chi connectivity index (χ2v) is 15.5. The first kappa shape index (κ1) is 50.1. The van der Waals surface area contributed by atoms with Crippen LogP contribution in [-0.4, -0.2) is 98.3 Å². The van der Waals surface area contributed by atoms with Gasteiger partial charge in [-0.25, -0.2) is 4.57 Å². The van der Waals surface area contributed by atoms with E-state index in [1.54, 1.807) is 0 Å². The van der Waals surface area contributed by atoms with Gasteiger partial charge in [0.1, 0.15) is 43.2 Å². The van der Waals surface area contributed by atoms with Crippen molar-refractivity contribution >= 4 is 19.8 Å². The third kappa shape index (κ3) is 23.9. The molecule has 1 rings (SSSR count). The molecule has 0 amide bonds.